The molecule has 1 aliphatic heterocycles. The number of hydrogen-bond acceptors (Lipinski definition) is 3. The average Bonchev–Trinajstić information content (AvgIpc) is 2.71. The summed E-state index contributed by atoms with van der Waals surface area (Å²) in [6, 6.07) is 0. The Hall–Kier alpha value is -0.330. The molecular formula is C13H25F3N2O. The third-order valence-electron chi connectivity index (χ3n) is 3.17. The molecule has 19 heavy (non-hydrogen) atoms. The molecule has 114 valence electrons. The van der Waals surface area contributed by atoms with Crippen molar-refractivity contribution in [1.29, 1.82) is 0 Å². The first-order valence-corrected chi connectivity index (χ1v) is 6.94. The van der Waals surface area contributed by atoms with E-state index in [1.165, 1.54) is 0 Å². The molecule has 3 nitrogen and oxygen atoms in total. The number of hydrogen-bond donors (Lipinski definition) is 1. The summed E-state index contributed by atoms with van der Waals surface area (Å²) in [5, 5.41) is 3.43. The molecule has 0 spiro atoms. The van der Waals surface area contributed by atoms with Crippen molar-refractivity contribution in [1.82, 2.24) is 10.2 Å². The van der Waals surface area contributed by atoms with E-state index in [-0.39, 0.29) is 6.61 Å². The summed E-state index contributed by atoms with van der Waals surface area (Å²) in [7, 11) is 0. The van der Waals surface area contributed by atoms with Gasteiger partial charge in [0.1, 0.15) is 6.61 Å². The fraction of sp³-hybridized carbons (Fsp3) is 1.00. The van der Waals surface area contributed by atoms with Gasteiger partial charge >= 0.3 is 6.18 Å². The van der Waals surface area contributed by atoms with Gasteiger partial charge in [-0.25, -0.2) is 0 Å². The van der Waals surface area contributed by atoms with Crippen LogP contribution in [0.3, 0.4) is 0 Å². The zero-order valence-electron chi connectivity index (χ0n) is 11.8. The van der Waals surface area contributed by atoms with Crippen LogP contribution in [0.2, 0.25) is 0 Å². The van der Waals surface area contributed by atoms with Crippen LogP contribution in [0.15, 0.2) is 0 Å². The molecule has 0 radical (unpaired) electrons. The van der Waals surface area contributed by atoms with Gasteiger partial charge in [-0.2, -0.15) is 13.2 Å². The van der Waals surface area contributed by atoms with Crippen LogP contribution in [0.4, 0.5) is 13.2 Å². The maximum Gasteiger partial charge on any atom is 0.411 e. The highest BCUT2D eigenvalue weighted by Crippen LogP contribution is 2.16. The van der Waals surface area contributed by atoms with Gasteiger partial charge in [0.05, 0.1) is 6.61 Å². The van der Waals surface area contributed by atoms with Crippen LogP contribution in [-0.2, 0) is 4.74 Å². The first kappa shape index (κ1) is 16.7. The maximum atomic E-state index is 11.9. The third kappa shape index (κ3) is 8.44. The third-order valence-corrected chi connectivity index (χ3v) is 3.17. The summed E-state index contributed by atoms with van der Waals surface area (Å²) in [6.45, 7) is 7.90. The van der Waals surface area contributed by atoms with Crippen molar-refractivity contribution in [3.05, 3.63) is 0 Å². The Bertz CT molecular complexity index is 247. The predicted octanol–water partition coefficient (Wildman–Crippen LogP) is 2.13. The minimum Gasteiger partial charge on any atom is -0.371 e. The Morgan fingerprint density at radius 1 is 1.37 bits per heavy atom. The Balaban J connectivity index is 2.02. The summed E-state index contributed by atoms with van der Waals surface area (Å²) in [6.07, 6.45) is -3.10. The summed E-state index contributed by atoms with van der Waals surface area (Å²) in [4.78, 5) is 2.18. The molecule has 1 fully saturated rings. The number of likely N-dealkylation sites (tertiary alicyclic amines) is 1. The summed E-state index contributed by atoms with van der Waals surface area (Å²) in [5.41, 5.74) is 0. The Kier molecular flexibility index (Phi) is 7.10. The molecule has 1 heterocycles. The molecule has 0 amide bonds. The average molecular weight is 282 g/mol. The molecule has 6 heteroatoms. The molecule has 1 aliphatic rings. The van der Waals surface area contributed by atoms with E-state index in [9.17, 15) is 13.2 Å². The smallest absolute Gasteiger partial charge is 0.371 e. The minimum absolute atomic E-state index is 0.158. The van der Waals surface area contributed by atoms with Crippen molar-refractivity contribution in [2.45, 2.75) is 26.4 Å². The van der Waals surface area contributed by atoms with Crippen LogP contribution in [0.5, 0.6) is 0 Å². The predicted molar refractivity (Wildman–Crippen MR) is 69.1 cm³/mol. The van der Waals surface area contributed by atoms with Crippen molar-refractivity contribution in [3.63, 3.8) is 0 Å². The van der Waals surface area contributed by atoms with Crippen molar-refractivity contribution in [3.8, 4) is 0 Å². The van der Waals surface area contributed by atoms with Crippen molar-refractivity contribution >= 4 is 0 Å². The van der Waals surface area contributed by atoms with Crippen LogP contribution < -0.4 is 5.32 Å². The highest BCUT2D eigenvalue weighted by atomic mass is 19.4. The molecule has 1 N–H and O–H groups in total. The molecule has 0 aliphatic carbocycles. The van der Waals surface area contributed by atoms with Gasteiger partial charge in [0, 0.05) is 13.1 Å². The summed E-state index contributed by atoms with van der Waals surface area (Å²) in [5.74, 6) is 1.26. The normalized spacial score (nSPS) is 21.5. The number of ether oxygens (including phenoxy) is 1. The zero-order chi connectivity index (χ0) is 14.3. The number of nitrogens with one attached hydrogen (secondary N) is 1. The molecule has 0 bridgehead atoms. The first-order chi connectivity index (χ1) is 8.87. The Morgan fingerprint density at radius 2 is 2.11 bits per heavy atom. The van der Waals surface area contributed by atoms with E-state index in [1.54, 1.807) is 0 Å². The van der Waals surface area contributed by atoms with Crippen LogP contribution in [0.25, 0.3) is 0 Å². The fourth-order valence-corrected chi connectivity index (χ4v) is 2.24. The lowest BCUT2D eigenvalue weighted by Crippen LogP contribution is -2.30. The van der Waals surface area contributed by atoms with Gasteiger partial charge in [-0.1, -0.05) is 13.8 Å². The van der Waals surface area contributed by atoms with Crippen molar-refractivity contribution in [2.75, 3.05) is 45.9 Å². The van der Waals surface area contributed by atoms with Crippen molar-refractivity contribution in [2.24, 2.45) is 11.8 Å². The van der Waals surface area contributed by atoms with Gasteiger partial charge in [-0.15, -0.1) is 0 Å². The van der Waals surface area contributed by atoms with Gasteiger partial charge in [0.25, 0.3) is 0 Å². The molecular weight excluding hydrogens is 257 g/mol. The van der Waals surface area contributed by atoms with E-state index in [4.69, 9.17) is 0 Å². The second kappa shape index (κ2) is 8.07. The van der Waals surface area contributed by atoms with E-state index < -0.39 is 12.8 Å². The lowest BCUT2D eigenvalue weighted by Gasteiger charge is -2.17. The lowest BCUT2D eigenvalue weighted by molar-refractivity contribution is -0.174. The van der Waals surface area contributed by atoms with E-state index in [0.717, 1.165) is 32.6 Å². The van der Waals surface area contributed by atoms with Gasteiger partial charge < -0.3 is 15.0 Å². The first-order valence-electron chi connectivity index (χ1n) is 6.94. The fourth-order valence-electron chi connectivity index (χ4n) is 2.24. The van der Waals surface area contributed by atoms with E-state index in [2.05, 4.69) is 28.8 Å². The SMILES string of the molecule is CC(C)CNCC1CCN(CCOCC(F)(F)F)C1. The molecule has 0 aromatic rings. The second-order valence-electron chi connectivity index (χ2n) is 5.68. The standard InChI is InChI=1S/C13H25F3N2O/c1-11(2)7-17-8-12-3-4-18(9-12)5-6-19-10-13(14,15)16/h11-12,17H,3-10H2,1-2H3. The Morgan fingerprint density at radius 3 is 2.74 bits per heavy atom. The summed E-state index contributed by atoms with van der Waals surface area (Å²) >= 11 is 0. The Labute approximate surface area is 113 Å². The van der Waals surface area contributed by atoms with Crippen LogP contribution in [0.1, 0.15) is 20.3 Å². The number of nitrogens with zero attached hydrogens (tertiary/aromatic N) is 1. The molecule has 0 aromatic heterocycles. The maximum absolute atomic E-state index is 11.9. The number of halogens is 3. The zero-order valence-corrected chi connectivity index (χ0v) is 11.8. The number of alkyl halides is 3. The highest BCUT2D eigenvalue weighted by molar-refractivity contribution is 4.77. The van der Waals surface area contributed by atoms with Crippen LogP contribution in [-0.4, -0.2) is 57.0 Å². The second-order valence-corrected chi connectivity index (χ2v) is 5.68. The van der Waals surface area contributed by atoms with Gasteiger partial charge in [-0.3, -0.25) is 0 Å². The van der Waals surface area contributed by atoms with Gasteiger partial charge in [-0.05, 0) is 37.9 Å². The van der Waals surface area contributed by atoms with Crippen LogP contribution in [0, 0.1) is 11.8 Å². The molecule has 0 saturated carbocycles. The summed E-state index contributed by atoms with van der Waals surface area (Å²) < 4.78 is 40.3. The molecule has 0 aromatic carbocycles. The van der Waals surface area contributed by atoms with Gasteiger partial charge in [0.15, 0.2) is 0 Å². The van der Waals surface area contributed by atoms with E-state index in [1.807, 2.05) is 0 Å². The van der Waals surface area contributed by atoms with E-state index in [0.29, 0.717) is 18.4 Å². The molecule has 1 saturated heterocycles. The number of rotatable bonds is 8. The van der Waals surface area contributed by atoms with Crippen molar-refractivity contribution < 1.29 is 17.9 Å². The lowest BCUT2D eigenvalue weighted by atomic mass is 10.1. The molecule has 1 unspecified atom stereocenters. The monoisotopic (exact) mass is 282 g/mol. The van der Waals surface area contributed by atoms with Gasteiger partial charge in [0.2, 0.25) is 0 Å². The van der Waals surface area contributed by atoms with E-state index >= 15 is 0 Å². The molecule has 1 atom stereocenters. The largest absolute Gasteiger partial charge is 0.411 e. The quantitative estimate of drug-likeness (QED) is 0.690. The molecule has 1 rings (SSSR count). The van der Waals surface area contributed by atoms with Crippen LogP contribution >= 0.6 is 0 Å². The topological polar surface area (TPSA) is 24.5 Å². The highest BCUT2D eigenvalue weighted by Gasteiger charge is 2.27. The minimum atomic E-state index is -4.21.